The van der Waals surface area contributed by atoms with Crippen molar-refractivity contribution in [3.63, 3.8) is 0 Å². The van der Waals surface area contributed by atoms with E-state index in [1.807, 2.05) is 54.6 Å². The molecule has 1 atom stereocenters. The van der Waals surface area contributed by atoms with Crippen molar-refractivity contribution in [3.05, 3.63) is 84.7 Å². The van der Waals surface area contributed by atoms with Gasteiger partial charge < -0.3 is 10.1 Å². The topological polar surface area (TPSA) is 102 Å². The minimum atomic E-state index is -0.908. The maximum absolute atomic E-state index is 13.7. The summed E-state index contributed by atoms with van der Waals surface area (Å²) in [6.07, 6.45) is 3.18. The average Bonchev–Trinajstić information content (AvgIpc) is 3.26. The fourth-order valence-corrected chi connectivity index (χ4v) is 3.60. The zero-order valence-corrected chi connectivity index (χ0v) is 18.2. The molecule has 0 radical (unpaired) electrons. The van der Waals surface area contributed by atoms with Crippen molar-refractivity contribution in [2.24, 2.45) is 0 Å². The number of nitrogens with zero attached hydrogens (tertiary/aromatic N) is 5. The van der Waals surface area contributed by atoms with Crippen LogP contribution < -0.4 is 10.2 Å². The molecular formula is C24H24N6O3. The quantitative estimate of drug-likeness (QED) is 0.398. The van der Waals surface area contributed by atoms with Gasteiger partial charge in [-0.05, 0) is 29.8 Å². The Morgan fingerprint density at radius 1 is 1.06 bits per heavy atom. The van der Waals surface area contributed by atoms with E-state index in [1.165, 1.54) is 9.58 Å². The van der Waals surface area contributed by atoms with E-state index in [-0.39, 0.29) is 18.4 Å². The van der Waals surface area contributed by atoms with Gasteiger partial charge in [-0.25, -0.2) is 4.68 Å². The second-order valence-electron chi connectivity index (χ2n) is 7.31. The molecular weight excluding hydrogens is 420 g/mol. The molecule has 4 aromatic rings. The van der Waals surface area contributed by atoms with Crippen LogP contribution in [0.4, 0.5) is 5.69 Å². The minimum Gasteiger partial charge on any atom is -0.383 e. The predicted octanol–water partition coefficient (Wildman–Crippen LogP) is 2.36. The number of methoxy groups -OCH3 is 1. The van der Waals surface area contributed by atoms with E-state index in [2.05, 4.69) is 20.6 Å². The molecule has 0 aliphatic rings. The standard InChI is InChI=1S/C24H24N6O3/c1-33-15-14-26-24(32)23(18-8-3-2-4-9-18)30(19-10-7-13-25-16-19)22(31)17-29-21-12-6-5-11-20(21)27-28-29/h2-13,16,23H,14-15,17H2,1H3,(H,26,32)/t23-/m0/s1. The molecule has 0 unspecified atom stereocenters. The third-order valence-electron chi connectivity index (χ3n) is 5.13. The molecule has 1 N–H and O–H groups in total. The summed E-state index contributed by atoms with van der Waals surface area (Å²) in [6.45, 7) is 0.588. The number of aromatic nitrogens is 4. The van der Waals surface area contributed by atoms with Gasteiger partial charge in [0.1, 0.15) is 18.1 Å². The number of rotatable bonds is 9. The largest absolute Gasteiger partial charge is 0.383 e. The molecule has 168 valence electrons. The Labute approximate surface area is 191 Å². The lowest BCUT2D eigenvalue weighted by atomic mass is 10.0. The molecule has 0 saturated carbocycles. The number of para-hydroxylation sites is 1. The number of amides is 2. The molecule has 2 aromatic heterocycles. The first-order valence-electron chi connectivity index (χ1n) is 10.5. The van der Waals surface area contributed by atoms with Gasteiger partial charge in [0.25, 0.3) is 0 Å². The van der Waals surface area contributed by atoms with Gasteiger partial charge >= 0.3 is 0 Å². The number of benzene rings is 2. The molecule has 2 aromatic carbocycles. The summed E-state index contributed by atoms with van der Waals surface area (Å²) < 4.78 is 6.59. The van der Waals surface area contributed by atoms with E-state index in [0.29, 0.717) is 29.9 Å². The van der Waals surface area contributed by atoms with Gasteiger partial charge in [-0.1, -0.05) is 47.7 Å². The van der Waals surface area contributed by atoms with Gasteiger partial charge in [-0.3, -0.25) is 19.5 Å². The van der Waals surface area contributed by atoms with Gasteiger partial charge in [0.15, 0.2) is 0 Å². The third kappa shape index (κ3) is 5.04. The van der Waals surface area contributed by atoms with E-state index in [1.54, 1.807) is 31.6 Å². The molecule has 0 saturated heterocycles. The summed E-state index contributed by atoms with van der Waals surface area (Å²) in [7, 11) is 1.56. The summed E-state index contributed by atoms with van der Waals surface area (Å²) in [6, 6.07) is 19.2. The summed E-state index contributed by atoms with van der Waals surface area (Å²) in [5.41, 5.74) is 2.60. The maximum Gasteiger partial charge on any atom is 0.249 e. The molecule has 33 heavy (non-hydrogen) atoms. The number of carbonyl (C=O) groups is 2. The van der Waals surface area contributed by atoms with Crippen LogP contribution in [0.3, 0.4) is 0 Å². The van der Waals surface area contributed by atoms with Gasteiger partial charge in [0, 0.05) is 19.9 Å². The van der Waals surface area contributed by atoms with Crippen LogP contribution in [-0.4, -0.2) is 52.1 Å². The van der Waals surface area contributed by atoms with Gasteiger partial charge in [-0.2, -0.15) is 0 Å². The number of anilines is 1. The summed E-state index contributed by atoms with van der Waals surface area (Å²) in [4.78, 5) is 32.7. The Hall–Kier alpha value is -4.11. The SMILES string of the molecule is COCCNC(=O)[C@H](c1ccccc1)N(C(=O)Cn1nnc2ccccc21)c1cccnc1. The molecule has 0 bridgehead atoms. The zero-order valence-electron chi connectivity index (χ0n) is 18.2. The second kappa shape index (κ2) is 10.5. The van der Waals surface area contributed by atoms with Gasteiger partial charge in [-0.15, -0.1) is 5.10 Å². The molecule has 9 nitrogen and oxygen atoms in total. The van der Waals surface area contributed by atoms with Gasteiger partial charge in [0.2, 0.25) is 11.8 Å². The van der Waals surface area contributed by atoms with Crippen LogP contribution in [-0.2, 0) is 20.9 Å². The molecule has 0 aliphatic carbocycles. The average molecular weight is 444 g/mol. The number of hydrogen-bond donors (Lipinski definition) is 1. The van der Waals surface area contributed by atoms with Crippen molar-refractivity contribution in [2.45, 2.75) is 12.6 Å². The first-order chi connectivity index (χ1) is 16.2. The van der Waals surface area contributed by atoms with E-state index in [9.17, 15) is 9.59 Å². The van der Waals surface area contributed by atoms with Crippen LogP contribution in [0.25, 0.3) is 11.0 Å². The van der Waals surface area contributed by atoms with E-state index in [4.69, 9.17) is 4.74 Å². The smallest absolute Gasteiger partial charge is 0.249 e. The van der Waals surface area contributed by atoms with Crippen molar-refractivity contribution < 1.29 is 14.3 Å². The molecule has 4 rings (SSSR count). The predicted molar refractivity (Wildman–Crippen MR) is 123 cm³/mol. The van der Waals surface area contributed by atoms with Crippen LogP contribution in [0.2, 0.25) is 0 Å². The number of carbonyl (C=O) groups excluding carboxylic acids is 2. The van der Waals surface area contributed by atoms with Crippen LogP contribution in [0, 0.1) is 0 Å². The number of pyridine rings is 1. The summed E-state index contributed by atoms with van der Waals surface area (Å²) in [5.74, 6) is -0.645. The lowest BCUT2D eigenvalue weighted by Crippen LogP contribution is -2.46. The summed E-state index contributed by atoms with van der Waals surface area (Å²) >= 11 is 0. The number of ether oxygens (including phenoxy) is 1. The molecule has 0 aliphatic heterocycles. The fraction of sp³-hybridized carbons (Fsp3) is 0.208. The molecule has 2 amide bonds. The highest BCUT2D eigenvalue weighted by atomic mass is 16.5. The van der Waals surface area contributed by atoms with Crippen LogP contribution in [0.5, 0.6) is 0 Å². The van der Waals surface area contributed by atoms with Crippen molar-refractivity contribution in [1.82, 2.24) is 25.3 Å². The highest BCUT2D eigenvalue weighted by Gasteiger charge is 2.33. The van der Waals surface area contributed by atoms with Gasteiger partial charge in [0.05, 0.1) is 24.0 Å². The van der Waals surface area contributed by atoms with Crippen molar-refractivity contribution in [2.75, 3.05) is 25.2 Å². The highest BCUT2D eigenvalue weighted by Crippen LogP contribution is 2.28. The Morgan fingerprint density at radius 3 is 2.61 bits per heavy atom. The van der Waals surface area contributed by atoms with E-state index in [0.717, 1.165) is 5.52 Å². The normalized spacial score (nSPS) is 11.8. The highest BCUT2D eigenvalue weighted by molar-refractivity contribution is 6.01. The second-order valence-corrected chi connectivity index (χ2v) is 7.31. The lowest BCUT2D eigenvalue weighted by molar-refractivity contribution is -0.127. The van der Waals surface area contributed by atoms with Crippen molar-refractivity contribution >= 4 is 28.5 Å². The summed E-state index contributed by atoms with van der Waals surface area (Å²) in [5, 5.41) is 11.1. The van der Waals surface area contributed by atoms with Crippen molar-refractivity contribution in [3.8, 4) is 0 Å². The lowest BCUT2D eigenvalue weighted by Gasteiger charge is -2.31. The Kier molecular flexibility index (Phi) is 7.01. The molecule has 0 fully saturated rings. The Morgan fingerprint density at radius 2 is 1.85 bits per heavy atom. The minimum absolute atomic E-state index is 0.0932. The number of nitrogens with one attached hydrogen (secondary N) is 1. The van der Waals surface area contributed by atoms with E-state index >= 15 is 0 Å². The molecule has 9 heteroatoms. The maximum atomic E-state index is 13.7. The van der Waals surface area contributed by atoms with Crippen molar-refractivity contribution in [1.29, 1.82) is 0 Å². The Bertz CT molecular complexity index is 1210. The fourth-order valence-electron chi connectivity index (χ4n) is 3.60. The Balaban J connectivity index is 1.73. The zero-order chi connectivity index (χ0) is 23.0. The van der Waals surface area contributed by atoms with Crippen LogP contribution >= 0.6 is 0 Å². The third-order valence-corrected chi connectivity index (χ3v) is 5.13. The van der Waals surface area contributed by atoms with Crippen LogP contribution in [0.1, 0.15) is 11.6 Å². The first kappa shape index (κ1) is 22.1. The number of hydrogen-bond acceptors (Lipinski definition) is 6. The van der Waals surface area contributed by atoms with Crippen LogP contribution in [0.15, 0.2) is 79.1 Å². The molecule has 2 heterocycles. The monoisotopic (exact) mass is 444 g/mol. The first-order valence-corrected chi connectivity index (χ1v) is 10.5. The molecule has 0 spiro atoms. The number of fused-ring (bicyclic) bond motifs is 1. The van der Waals surface area contributed by atoms with E-state index < -0.39 is 6.04 Å².